The number of rotatable bonds is 5. The van der Waals surface area contributed by atoms with Gasteiger partial charge in [-0.3, -0.25) is 9.69 Å². The van der Waals surface area contributed by atoms with E-state index in [0.29, 0.717) is 24.2 Å². The Morgan fingerprint density at radius 2 is 2.09 bits per heavy atom. The van der Waals surface area contributed by atoms with Gasteiger partial charge in [0, 0.05) is 18.2 Å². The van der Waals surface area contributed by atoms with Gasteiger partial charge in [0.2, 0.25) is 0 Å². The molecule has 2 aromatic heterocycles. The predicted molar refractivity (Wildman–Crippen MR) is 85.6 cm³/mol. The quantitative estimate of drug-likeness (QED) is 0.786. The molecule has 0 atom stereocenters. The van der Waals surface area contributed by atoms with E-state index in [0.717, 1.165) is 23.3 Å². The van der Waals surface area contributed by atoms with Gasteiger partial charge in [0.15, 0.2) is 5.76 Å². The minimum Gasteiger partial charge on any atom is -0.360 e. The number of pyridine rings is 1. The summed E-state index contributed by atoms with van der Waals surface area (Å²) in [4.78, 5) is 16.8. The first-order chi connectivity index (χ1) is 11.0. The molecule has 0 saturated heterocycles. The molecule has 120 valence electrons. The van der Waals surface area contributed by atoms with Crippen LogP contribution in [0.3, 0.4) is 0 Å². The summed E-state index contributed by atoms with van der Waals surface area (Å²) in [5, 5.41) is 4.76. The fourth-order valence-corrected chi connectivity index (χ4v) is 2.55. The normalized spacial score (nSPS) is 11.5. The zero-order valence-electron chi connectivity index (χ0n) is 13.1. The first-order valence-electron chi connectivity index (χ1n) is 7.49. The fraction of sp³-hybridized carbons (Fsp3) is 0.294. The molecule has 3 aromatic rings. The van der Waals surface area contributed by atoms with E-state index in [9.17, 15) is 9.18 Å². The van der Waals surface area contributed by atoms with Crippen molar-refractivity contribution in [1.29, 1.82) is 0 Å². The number of H-pyrrole nitrogens is 1. The van der Waals surface area contributed by atoms with Crippen molar-refractivity contribution in [2.24, 2.45) is 0 Å². The van der Waals surface area contributed by atoms with Gasteiger partial charge in [0.05, 0.1) is 17.8 Å². The third kappa shape index (κ3) is 3.48. The summed E-state index contributed by atoms with van der Waals surface area (Å²) in [6, 6.07) is 8.08. The highest BCUT2D eigenvalue weighted by molar-refractivity contribution is 5.78. The van der Waals surface area contributed by atoms with Crippen molar-refractivity contribution in [3.63, 3.8) is 0 Å². The lowest BCUT2D eigenvalue weighted by Crippen LogP contribution is -2.23. The molecule has 23 heavy (non-hydrogen) atoms. The summed E-state index contributed by atoms with van der Waals surface area (Å²) in [5.74, 6) is 0.402. The number of nitrogens with one attached hydrogen (secondary N) is 1. The molecule has 0 amide bonds. The highest BCUT2D eigenvalue weighted by atomic mass is 19.1. The molecule has 1 N–H and O–H groups in total. The Morgan fingerprint density at radius 3 is 2.83 bits per heavy atom. The average molecular weight is 315 g/mol. The maximum Gasteiger partial charge on any atom is 0.252 e. The van der Waals surface area contributed by atoms with Crippen LogP contribution in [0.5, 0.6) is 0 Å². The third-order valence-corrected chi connectivity index (χ3v) is 3.72. The van der Waals surface area contributed by atoms with E-state index < -0.39 is 0 Å². The number of halogens is 1. The summed E-state index contributed by atoms with van der Waals surface area (Å²) < 4.78 is 18.5. The molecule has 6 heteroatoms. The lowest BCUT2D eigenvalue weighted by Gasteiger charge is -2.14. The van der Waals surface area contributed by atoms with Crippen LogP contribution in [0.25, 0.3) is 10.9 Å². The maximum atomic E-state index is 13.2. The van der Waals surface area contributed by atoms with Gasteiger partial charge in [0.1, 0.15) is 5.82 Å². The second kappa shape index (κ2) is 6.34. The summed E-state index contributed by atoms with van der Waals surface area (Å²) in [7, 11) is 1.91. The van der Waals surface area contributed by atoms with E-state index in [1.807, 2.05) is 24.9 Å². The molecule has 0 aliphatic carbocycles. The van der Waals surface area contributed by atoms with Crippen LogP contribution in [0.4, 0.5) is 4.39 Å². The summed E-state index contributed by atoms with van der Waals surface area (Å²) in [6.07, 6.45) is 0.827. The Bertz CT molecular complexity index is 885. The minimum absolute atomic E-state index is 0.207. The molecular formula is C17H18FN3O2. The molecule has 0 bridgehead atoms. The van der Waals surface area contributed by atoms with Gasteiger partial charge in [-0.2, -0.15) is 0 Å². The van der Waals surface area contributed by atoms with Gasteiger partial charge in [-0.05, 0) is 43.1 Å². The van der Waals surface area contributed by atoms with Crippen molar-refractivity contribution in [2.45, 2.75) is 26.4 Å². The van der Waals surface area contributed by atoms with Gasteiger partial charge >= 0.3 is 0 Å². The number of aryl methyl sites for hydroxylation is 1. The summed E-state index contributed by atoms with van der Waals surface area (Å²) in [6.45, 7) is 3.04. The highest BCUT2D eigenvalue weighted by Crippen LogP contribution is 2.14. The largest absolute Gasteiger partial charge is 0.360 e. The van der Waals surface area contributed by atoms with E-state index in [2.05, 4.69) is 10.1 Å². The van der Waals surface area contributed by atoms with E-state index in [4.69, 9.17) is 4.52 Å². The predicted octanol–water partition coefficient (Wildman–Crippen LogP) is 2.85. The highest BCUT2D eigenvalue weighted by Gasteiger charge is 2.10. The molecule has 0 fully saturated rings. The van der Waals surface area contributed by atoms with Crippen LogP contribution in [0.2, 0.25) is 0 Å². The van der Waals surface area contributed by atoms with Crippen LogP contribution < -0.4 is 5.56 Å². The van der Waals surface area contributed by atoms with E-state index >= 15 is 0 Å². The second-order valence-corrected chi connectivity index (χ2v) is 5.67. The molecule has 0 radical (unpaired) electrons. The van der Waals surface area contributed by atoms with E-state index in [-0.39, 0.29) is 11.4 Å². The van der Waals surface area contributed by atoms with Crippen LogP contribution in [0, 0.1) is 5.82 Å². The Hall–Kier alpha value is -2.47. The molecule has 3 rings (SSSR count). The Balaban J connectivity index is 1.78. The topological polar surface area (TPSA) is 62.1 Å². The molecule has 2 heterocycles. The summed E-state index contributed by atoms with van der Waals surface area (Å²) in [5.41, 5.74) is 1.84. The van der Waals surface area contributed by atoms with Crippen molar-refractivity contribution >= 4 is 10.9 Å². The Labute approximate surface area is 132 Å². The molecule has 0 spiro atoms. The average Bonchev–Trinajstić information content (AvgIpc) is 2.95. The molecule has 0 unspecified atom stereocenters. The number of benzene rings is 1. The second-order valence-electron chi connectivity index (χ2n) is 5.67. The number of hydrogen-bond donors (Lipinski definition) is 1. The zero-order valence-corrected chi connectivity index (χ0v) is 13.1. The van der Waals surface area contributed by atoms with Gasteiger partial charge in [-0.25, -0.2) is 4.39 Å². The standard InChI is InChI=1S/C17H18FN3O2/c1-3-14-8-15(23-20-14)10-21(2)9-12-6-11-4-5-13(18)7-16(11)19-17(12)22/h4-8H,3,9-10H2,1-2H3,(H,19,22). The summed E-state index contributed by atoms with van der Waals surface area (Å²) >= 11 is 0. The van der Waals surface area contributed by atoms with Crippen molar-refractivity contribution in [1.82, 2.24) is 15.0 Å². The van der Waals surface area contributed by atoms with Crippen molar-refractivity contribution in [3.05, 3.63) is 63.5 Å². The van der Waals surface area contributed by atoms with Crippen molar-refractivity contribution < 1.29 is 8.91 Å². The van der Waals surface area contributed by atoms with Crippen molar-refractivity contribution in [3.8, 4) is 0 Å². The minimum atomic E-state index is -0.366. The van der Waals surface area contributed by atoms with Crippen LogP contribution in [0.1, 0.15) is 23.9 Å². The van der Waals surface area contributed by atoms with E-state index in [1.54, 1.807) is 12.1 Å². The van der Waals surface area contributed by atoms with E-state index in [1.165, 1.54) is 12.1 Å². The smallest absolute Gasteiger partial charge is 0.252 e. The van der Waals surface area contributed by atoms with Crippen LogP contribution in [-0.2, 0) is 19.5 Å². The Kier molecular flexibility index (Phi) is 4.25. The van der Waals surface area contributed by atoms with Crippen molar-refractivity contribution in [2.75, 3.05) is 7.05 Å². The van der Waals surface area contributed by atoms with Gasteiger partial charge in [-0.15, -0.1) is 0 Å². The maximum absolute atomic E-state index is 13.2. The number of fused-ring (bicyclic) bond motifs is 1. The van der Waals surface area contributed by atoms with Gasteiger partial charge < -0.3 is 9.51 Å². The first-order valence-corrected chi connectivity index (χ1v) is 7.49. The lowest BCUT2D eigenvalue weighted by molar-refractivity contribution is 0.265. The molecule has 1 aromatic carbocycles. The number of aromatic amines is 1. The zero-order chi connectivity index (χ0) is 16.4. The SMILES string of the molecule is CCc1cc(CN(C)Cc2cc3ccc(F)cc3[nH]c2=O)on1. The molecule has 0 aliphatic heterocycles. The monoisotopic (exact) mass is 315 g/mol. The number of aromatic nitrogens is 2. The number of hydrogen-bond acceptors (Lipinski definition) is 4. The van der Waals surface area contributed by atoms with Gasteiger partial charge in [0.25, 0.3) is 5.56 Å². The van der Waals surface area contributed by atoms with Crippen LogP contribution in [0.15, 0.2) is 39.6 Å². The molecule has 5 nitrogen and oxygen atoms in total. The molecule has 0 aliphatic rings. The third-order valence-electron chi connectivity index (χ3n) is 3.72. The Morgan fingerprint density at radius 1 is 1.26 bits per heavy atom. The van der Waals surface area contributed by atoms with Crippen LogP contribution in [-0.4, -0.2) is 22.1 Å². The lowest BCUT2D eigenvalue weighted by atomic mass is 10.1. The number of nitrogens with zero attached hydrogens (tertiary/aromatic N) is 2. The van der Waals surface area contributed by atoms with Crippen LogP contribution >= 0.6 is 0 Å². The van der Waals surface area contributed by atoms with Gasteiger partial charge in [-0.1, -0.05) is 12.1 Å². The molecular weight excluding hydrogens is 297 g/mol. The molecule has 0 saturated carbocycles. The fourth-order valence-electron chi connectivity index (χ4n) is 2.55. The first kappa shape index (κ1) is 15.4.